The Labute approximate surface area is 191 Å². The third-order valence-corrected chi connectivity index (χ3v) is 5.17. The highest BCUT2D eigenvalue weighted by molar-refractivity contribution is 5.93. The van der Waals surface area contributed by atoms with Gasteiger partial charge in [-0.15, -0.1) is 0 Å². The monoisotopic (exact) mass is 453 g/mol. The van der Waals surface area contributed by atoms with E-state index in [1.807, 2.05) is 35.2 Å². The van der Waals surface area contributed by atoms with Gasteiger partial charge in [0.2, 0.25) is 5.91 Å². The van der Waals surface area contributed by atoms with E-state index in [-0.39, 0.29) is 12.3 Å². The average Bonchev–Trinajstić information content (AvgIpc) is 2.79. The quantitative estimate of drug-likeness (QED) is 0.401. The van der Waals surface area contributed by atoms with E-state index >= 15 is 0 Å². The summed E-state index contributed by atoms with van der Waals surface area (Å²) in [6.07, 6.45) is -4.16. The summed E-state index contributed by atoms with van der Waals surface area (Å²) in [5.41, 5.74) is 8.60. The van der Waals surface area contributed by atoms with Gasteiger partial charge < -0.3 is 11.1 Å². The molecule has 0 unspecified atom stereocenters. The van der Waals surface area contributed by atoms with Crippen molar-refractivity contribution in [3.05, 3.63) is 102 Å². The number of nitrogen functional groups attached to an aromatic ring is 1. The van der Waals surface area contributed by atoms with Crippen LogP contribution in [-0.4, -0.2) is 23.9 Å². The minimum absolute atomic E-state index is 0.175. The van der Waals surface area contributed by atoms with Gasteiger partial charge in [-0.25, -0.2) is 0 Å². The maximum absolute atomic E-state index is 12.9. The fraction of sp³-hybridized carbons (Fsp3) is 0.192. The molecule has 4 nitrogen and oxygen atoms in total. The Kier molecular flexibility index (Phi) is 7.90. The van der Waals surface area contributed by atoms with Gasteiger partial charge in [-0.2, -0.15) is 13.2 Å². The van der Waals surface area contributed by atoms with Gasteiger partial charge in [-0.3, -0.25) is 9.69 Å². The van der Waals surface area contributed by atoms with E-state index in [0.29, 0.717) is 42.1 Å². The molecule has 3 aromatic rings. The number of carbonyl (C=O) groups is 1. The molecule has 3 aromatic carbocycles. The largest absolute Gasteiger partial charge is 0.416 e. The van der Waals surface area contributed by atoms with Crippen LogP contribution in [0.1, 0.15) is 23.1 Å². The van der Waals surface area contributed by atoms with Crippen LogP contribution in [0.5, 0.6) is 0 Å². The van der Waals surface area contributed by atoms with Crippen molar-refractivity contribution in [1.82, 2.24) is 4.90 Å². The number of benzene rings is 3. The second-order valence-corrected chi connectivity index (χ2v) is 7.76. The molecular formula is C26H26F3N3O. The van der Waals surface area contributed by atoms with E-state index in [1.54, 1.807) is 24.3 Å². The van der Waals surface area contributed by atoms with Crippen molar-refractivity contribution in [2.75, 3.05) is 24.1 Å². The normalized spacial score (nSPS) is 11.4. The summed E-state index contributed by atoms with van der Waals surface area (Å²) in [6.45, 7) is 5.48. The lowest BCUT2D eigenvalue weighted by atomic mass is 10.0. The van der Waals surface area contributed by atoms with Crippen LogP contribution in [-0.2, 0) is 17.5 Å². The summed E-state index contributed by atoms with van der Waals surface area (Å²) in [4.78, 5) is 14.5. The maximum Gasteiger partial charge on any atom is 0.416 e. The Morgan fingerprint density at radius 3 is 2.21 bits per heavy atom. The van der Waals surface area contributed by atoms with Crippen molar-refractivity contribution in [2.45, 2.75) is 19.1 Å². The molecule has 7 heteroatoms. The smallest absolute Gasteiger partial charge is 0.397 e. The molecule has 0 bridgehead atoms. The molecule has 0 spiro atoms. The van der Waals surface area contributed by atoms with Crippen LogP contribution in [0.2, 0.25) is 0 Å². The number of anilines is 2. The Bertz CT molecular complexity index is 1080. The van der Waals surface area contributed by atoms with E-state index in [4.69, 9.17) is 5.73 Å². The highest BCUT2D eigenvalue weighted by Crippen LogP contribution is 2.30. The van der Waals surface area contributed by atoms with Crippen molar-refractivity contribution in [1.29, 1.82) is 0 Å². The maximum atomic E-state index is 12.9. The highest BCUT2D eigenvalue weighted by atomic mass is 19.4. The molecule has 0 atom stereocenters. The van der Waals surface area contributed by atoms with E-state index < -0.39 is 11.7 Å². The molecule has 0 saturated carbocycles. The third kappa shape index (κ3) is 7.22. The molecule has 0 radical (unpaired) electrons. The van der Waals surface area contributed by atoms with Crippen molar-refractivity contribution in [3.8, 4) is 0 Å². The van der Waals surface area contributed by atoms with Gasteiger partial charge in [0.05, 0.1) is 16.9 Å². The Morgan fingerprint density at radius 2 is 1.58 bits per heavy atom. The average molecular weight is 454 g/mol. The predicted octanol–water partition coefficient (Wildman–Crippen LogP) is 5.83. The molecule has 172 valence electrons. The molecule has 0 aliphatic heterocycles. The third-order valence-electron chi connectivity index (χ3n) is 5.17. The molecule has 0 aromatic heterocycles. The minimum atomic E-state index is -4.38. The van der Waals surface area contributed by atoms with Crippen LogP contribution < -0.4 is 11.1 Å². The summed E-state index contributed by atoms with van der Waals surface area (Å²) >= 11 is 0. The SMILES string of the molecule is C=C(CN(CCC(=O)Nc1ccccc1N)Cc1ccccc1)c1ccc(C(F)(F)F)cc1. The van der Waals surface area contributed by atoms with Crippen molar-refractivity contribution >= 4 is 22.9 Å². The Balaban J connectivity index is 1.66. The summed E-state index contributed by atoms with van der Waals surface area (Å²) in [7, 11) is 0. The molecule has 0 heterocycles. The lowest BCUT2D eigenvalue weighted by molar-refractivity contribution is -0.137. The van der Waals surface area contributed by atoms with E-state index in [1.165, 1.54) is 12.1 Å². The van der Waals surface area contributed by atoms with Crippen LogP contribution in [0, 0.1) is 0 Å². The number of halogens is 3. The number of nitrogens with two attached hydrogens (primary N) is 1. The van der Waals surface area contributed by atoms with Gasteiger partial charge in [0.25, 0.3) is 0 Å². The fourth-order valence-corrected chi connectivity index (χ4v) is 3.39. The van der Waals surface area contributed by atoms with Gasteiger partial charge >= 0.3 is 6.18 Å². The van der Waals surface area contributed by atoms with Crippen molar-refractivity contribution in [2.24, 2.45) is 0 Å². The second kappa shape index (κ2) is 10.8. The first kappa shape index (κ1) is 24.1. The van der Waals surface area contributed by atoms with Gasteiger partial charge in [0.15, 0.2) is 0 Å². The van der Waals surface area contributed by atoms with Crippen LogP contribution >= 0.6 is 0 Å². The number of alkyl halides is 3. The van der Waals surface area contributed by atoms with Crippen molar-refractivity contribution in [3.63, 3.8) is 0 Å². The summed E-state index contributed by atoms with van der Waals surface area (Å²) in [5.74, 6) is -0.175. The van der Waals surface area contributed by atoms with Gasteiger partial charge in [-0.05, 0) is 41.0 Å². The lowest BCUT2D eigenvalue weighted by Gasteiger charge is -2.24. The van der Waals surface area contributed by atoms with Crippen LogP contribution in [0.3, 0.4) is 0 Å². The molecular weight excluding hydrogens is 427 g/mol. The van der Waals surface area contributed by atoms with Gasteiger partial charge in [0, 0.05) is 26.1 Å². The second-order valence-electron chi connectivity index (χ2n) is 7.76. The molecule has 3 rings (SSSR count). The number of nitrogens with one attached hydrogen (secondary N) is 1. The fourth-order valence-electron chi connectivity index (χ4n) is 3.39. The molecule has 1 amide bonds. The van der Waals surface area contributed by atoms with Gasteiger partial charge in [0.1, 0.15) is 0 Å². The van der Waals surface area contributed by atoms with Crippen LogP contribution in [0.15, 0.2) is 85.4 Å². The number of nitrogens with zero attached hydrogens (tertiary/aromatic N) is 1. The Morgan fingerprint density at radius 1 is 0.939 bits per heavy atom. The first-order chi connectivity index (χ1) is 15.7. The zero-order valence-corrected chi connectivity index (χ0v) is 18.1. The number of hydrogen-bond acceptors (Lipinski definition) is 3. The zero-order valence-electron chi connectivity index (χ0n) is 18.1. The molecule has 0 aliphatic carbocycles. The minimum Gasteiger partial charge on any atom is -0.397 e. The topological polar surface area (TPSA) is 58.4 Å². The van der Waals surface area contributed by atoms with E-state index in [0.717, 1.165) is 17.7 Å². The van der Waals surface area contributed by atoms with Crippen LogP contribution in [0.4, 0.5) is 24.5 Å². The zero-order chi connectivity index (χ0) is 23.8. The first-order valence-electron chi connectivity index (χ1n) is 10.5. The van der Waals surface area contributed by atoms with E-state index in [2.05, 4.69) is 11.9 Å². The highest BCUT2D eigenvalue weighted by Gasteiger charge is 2.30. The number of rotatable bonds is 9. The molecule has 3 N–H and O–H groups in total. The lowest BCUT2D eigenvalue weighted by Crippen LogP contribution is -2.29. The summed E-state index contributed by atoms with van der Waals surface area (Å²) < 4.78 is 38.6. The first-order valence-corrected chi connectivity index (χ1v) is 10.5. The molecule has 0 fully saturated rings. The summed E-state index contributed by atoms with van der Waals surface area (Å²) in [6, 6.07) is 21.8. The molecule has 33 heavy (non-hydrogen) atoms. The molecule has 0 saturated heterocycles. The van der Waals surface area contributed by atoms with E-state index in [9.17, 15) is 18.0 Å². The number of hydrogen-bond donors (Lipinski definition) is 2. The summed E-state index contributed by atoms with van der Waals surface area (Å²) in [5, 5.41) is 2.82. The van der Waals surface area contributed by atoms with Crippen molar-refractivity contribution < 1.29 is 18.0 Å². The van der Waals surface area contributed by atoms with Gasteiger partial charge in [-0.1, -0.05) is 61.2 Å². The molecule has 0 aliphatic rings. The standard InChI is InChI=1S/C26H26F3N3O/c1-19(21-11-13-22(14-12-21)26(27,28)29)17-32(18-20-7-3-2-4-8-20)16-15-25(33)31-24-10-6-5-9-23(24)30/h2-14H,1,15-18,30H2,(H,31,33). The van der Waals surface area contributed by atoms with Crippen LogP contribution in [0.25, 0.3) is 5.57 Å². The number of carbonyl (C=O) groups excluding carboxylic acids is 1. The number of amides is 1. The Hall–Kier alpha value is -3.58. The predicted molar refractivity (Wildman–Crippen MR) is 126 cm³/mol. The number of para-hydroxylation sites is 2.